The number of methoxy groups -OCH3 is 2. The zero-order valence-electron chi connectivity index (χ0n) is 17.5. The van der Waals surface area contributed by atoms with Gasteiger partial charge in [-0.15, -0.1) is 11.8 Å². The molecule has 160 valence electrons. The summed E-state index contributed by atoms with van der Waals surface area (Å²) in [6.07, 6.45) is 1.84. The number of hydrogen-bond acceptors (Lipinski definition) is 9. The predicted octanol–water partition coefficient (Wildman–Crippen LogP) is 4.81. The normalized spacial score (nSPS) is 11.0. The quantitative estimate of drug-likeness (QED) is 0.224. The number of nitrogens with zero attached hydrogens (tertiary/aromatic N) is 3. The van der Waals surface area contributed by atoms with Gasteiger partial charge in [-0.2, -0.15) is 9.97 Å². The molecule has 0 radical (unpaired) electrons. The van der Waals surface area contributed by atoms with E-state index in [9.17, 15) is 4.79 Å². The zero-order valence-corrected chi connectivity index (χ0v) is 18.3. The molecule has 0 spiro atoms. The van der Waals surface area contributed by atoms with Gasteiger partial charge in [0.15, 0.2) is 0 Å². The fraction of sp³-hybridized carbons (Fsp3) is 0.182. The lowest BCUT2D eigenvalue weighted by Crippen LogP contribution is -2.08. The minimum Gasteiger partial charge on any atom is -0.481 e. The molecule has 3 aromatic rings. The van der Waals surface area contributed by atoms with Crippen molar-refractivity contribution in [3.05, 3.63) is 60.2 Å². The van der Waals surface area contributed by atoms with Crippen LogP contribution in [0.2, 0.25) is 0 Å². The van der Waals surface area contributed by atoms with Crippen LogP contribution in [0.25, 0.3) is 11.1 Å². The molecule has 0 saturated heterocycles. The molecular formula is C22H21N3O5S. The number of hydrogen-bond donors (Lipinski definition) is 0. The van der Waals surface area contributed by atoms with E-state index in [1.54, 1.807) is 25.1 Å². The first-order valence-corrected chi connectivity index (χ1v) is 10.4. The molecule has 31 heavy (non-hydrogen) atoms. The van der Waals surface area contributed by atoms with Crippen LogP contribution in [-0.4, -0.2) is 41.5 Å². The number of benzene rings is 2. The fourth-order valence-electron chi connectivity index (χ4n) is 2.61. The molecule has 1 heterocycles. The van der Waals surface area contributed by atoms with Gasteiger partial charge < -0.3 is 19.0 Å². The van der Waals surface area contributed by atoms with Crippen molar-refractivity contribution in [2.24, 2.45) is 5.16 Å². The summed E-state index contributed by atoms with van der Waals surface area (Å²) in [6.45, 7) is 1.74. The molecule has 8 nitrogen and oxygen atoms in total. The maximum absolute atomic E-state index is 13.0. The summed E-state index contributed by atoms with van der Waals surface area (Å²) in [6, 6.07) is 16.1. The number of carbonyl (C=O) groups is 1. The molecule has 0 bridgehead atoms. The maximum Gasteiger partial charge on any atom is 0.370 e. The summed E-state index contributed by atoms with van der Waals surface area (Å²) in [5, 5.41) is 4.47. The highest BCUT2D eigenvalue weighted by atomic mass is 32.2. The number of ether oxygens (including phenoxy) is 3. The van der Waals surface area contributed by atoms with Crippen LogP contribution in [0.3, 0.4) is 0 Å². The van der Waals surface area contributed by atoms with Crippen LogP contribution in [0, 0.1) is 0 Å². The predicted molar refractivity (Wildman–Crippen MR) is 119 cm³/mol. The lowest BCUT2D eigenvalue weighted by atomic mass is 9.99. The van der Waals surface area contributed by atoms with Crippen molar-refractivity contribution in [3.8, 4) is 34.6 Å². The fourth-order valence-corrected chi connectivity index (χ4v) is 2.72. The first-order chi connectivity index (χ1) is 15.0. The van der Waals surface area contributed by atoms with Crippen molar-refractivity contribution in [3.63, 3.8) is 0 Å². The van der Waals surface area contributed by atoms with Gasteiger partial charge in [0.05, 0.1) is 20.3 Å². The van der Waals surface area contributed by atoms with Crippen molar-refractivity contribution < 1.29 is 23.8 Å². The van der Waals surface area contributed by atoms with Crippen molar-refractivity contribution in [2.75, 3.05) is 20.5 Å². The number of aromatic nitrogens is 2. The average Bonchev–Trinajstić information content (AvgIpc) is 2.82. The summed E-state index contributed by atoms with van der Waals surface area (Å²) in [5.74, 6) is 0.0483. The Morgan fingerprint density at radius 3 is 2.26 bits per heavy atom. The molecule has 1 aromatic heterocycles. The minimum absolute atomic E-state index is 0.0424. The van der Waals surface area contributed by atoms with E-state index in [2.05, 4.69) is 15.1 Å². The SMILES string of the molecule is COc1cc(OC)nc(Oc2cccc(-c3ccccc3)c2C(=O)O/N=C(\C)SC)n1. The van der Waals surface area contributed by atoms with Crippen molar-refractivity contribution in [1.29, 1.82) is 0 Å². The van der Waals surface area contributed by atoms with Crippen LogP contribution in [0.5, 0.6) is 23.5 Å². The Bertz CT molecular complexity index is 1070. The van der Waals surface area contributed by atoms with E-state index in [1.807, 2.05) is 36.6 Å². The third-order valence-corrected chi connectivity index (χ3v) is 4.81. The molecule has 0 unspecified atom stereocenters. The summed E-state index contributed by atoms with van der Waals surface area (Å²) >= 11 is 1.37. The van der Waals surface area contributed by atoms with E-state index >= 15 is 0 Å². The lowest BCUT2D eigenvalue weighted by molar-refractivity contribution is 0.0515. The summed E-state index contributed by atoms with van der Waals surface area (Å²) in [4.78, 5) is 26.5. The Labute approximate surface area is 184 Å². The standard InChI is InChI=1S/C22H21N3O5S/c1-14(31-4)25-30-21(26)20-16(15-9-6-5-7-10-15)11-8-12-17(20)29-22-23-18(27-2)13-19(24-22)28-3/h5-13H,1-4H3/b25-14+. The van der Waals surface area contributed by atoms with Crippen molar-refractivity contribution in [1.82, 2.24) is 9.97 Å². The first-order valence-electron chi connectivity index (χ1n) is 9.19. The van der Waals surface area contributed by atoms with Gasteiger partial charge in [-0.05, 0) is 24.8 Å². The number of rotatable bonds is 7. The third-order valence-electron chi connectivity index (χ3n) is 4.15. The molecule has 0 atom stereocenters. The van der Waals surface area contributed by atoms with Gasteiger partial charge >= 0.3 is 12.0 Å². The highest BCUT2D eigenvalue weighted by Crippen LogP contribution is 2.34. The van der Waals surface area contributed by atoms with Gasteiger partial charge in [0.1, 0.15) is 16.4 Å². The largest absolute Gasteiger partial charge is 0.481 e. The van der Waals surface area contributed by atoms with Gasteiger partial charge in [0.2, 0.25) is 11.8 Å². The van der Waals surface area contributed by atoms with Crippen molar-refractivity contribution in [2.45, 2.75) is 6.92 Å². The molecule has 0 aliphatic heterocycles. The van der Waals surface area contributed by atoms with Crippen LogP contribution in [0.4, 0.5) is 0 Å². The second-order valence-electron chi connectivity index (χ2n) is 6.08. The first kappa shape index (κ1) is 22.1. The maximum atomic E-state index is 13.0. The van der Waals surface area contributed by atoms with Crippen LogP contribution < -0.4 is 14.2 Å². The average molecular weight is 439 g/mol. The summed E-state index contributed by atoms with van der Waals surface area (Å²) < 4.78 is 16.2. The van der Waals surface area contributed by atoms with Crippen LogP contribution in [0.15, 0.2) is 59.8 Å². The Hall–Kier alpha value is -3.59. The van der Waals surface area contributed by atoms with Crippen LogP contribution in [0.1, 0.15) is 17.3 Å². The molecular weight excluding hydrogens is 418 g/mol. The third kappa shape index (κ3) is 5.52. The molecule has 0 saturated carbocycles. The molecule has 0 N–H and O–H groups in total. The van der Waals surface area contributed by atoms with E-state index in [0.717, 1.165) is 5.56 Å². The van der Waals surface area contributed by atoms with E-state index in [-0.39, 0.29) is 29.1 Å². The lowest BCUT2D eigenvalue weighted by Gasteiger charge is -2.13. The monoisotopic (exact) mass is 439 g/mol. The highest BCUT2D eigenvalue weighted by Gasteiger charge is 2.22. The minimum atomic E-state index is -0.669. The van der Waals surface area contributed by atoms with Gasteiger partial charge in [0, 0.05) is 5.56 Å². The zero-order chi connectivity index (χ0) is 22.2. The Morgan fingerprint density at radius 2 is 1.65 bits per heavy atom. The van der Waals surface area contributed by atoms with Crippen molar-refractivity contribution >= 4 is 22.8 Å². The molecule has 0 aliphatic carbocycles. The Balaban J connectivity index is 2.09. The molecule has 9 heteroatoms. The second kappa shape index (κ2) is 10.4. The Kier molecular flexibility index (Phi) is 7.45. The van der Waals surface area contributed by atoms with Gasteiger partial charge in [-0.25, -0.2) is 4.79 Å². The van der Waals surface area contributed by atoms with E-state index in [1.165, 1.54) is 32.0 Å². The smallest absolute Gasteiger partial charge is 0.370 e. The van der Waals surface area contributed by atoms with Crippen LogP contribution >= 0.6 is 11.8 Å². The van der Waals surface area contributed by atoms with Gasteiger partial charge in [-0.1, -0.05) is 47.6 Å². The molecule has 3 rings (SSSR count). The summed E-state index contributed by atoms with van der Waals surface area (Å²) in [5.41, 5.74) is 1.63. The van der Waals surface area contributed by atoms with E-state index < -0.39 is 5.97 Å². The van der Waals surface area contributed by atoms with Crippen LogP contribution in [-0.2, 0) is 4.84 Å². The number of thioether (sulfide) groups is 1. The van der Waals surface area contributed by atoms with Gasteiger partial charge in [-0.3, -0.25) is 0 Å². The Morgan fingerprint density at radius 1 is 0.968 bits per heavy atom. The number of oxime groups is 1. The van der Waals surface area contributed by atoms with E-state index in [4.69, 9.17) is 19.0 Å². The topological polar surface area (TPSA) is 92.1 Å². The molecule has 0 aliphatic rings. The number of carbonyl (C=O) groups excluding carboxylic acids is 1. The van der Waals surface area contributed by atoms with Gasteiger partial charge in [0.25, 0.3) is 0 Å². The molecule has 0 amide bonds. The highest BCUT2D eigenvalue weighted by molar-refractivity contribution is 8.13. The summed E-state index contributed by atoms with van der Waals surface area (Å²) in [7, 11) is 2.94. The molecule has 0 fully saturated rings. The van der Waals surface area contributed by atoms with E-state index in [0.29, 0.717) is 10.6 Å². The molecule has 2 aromatic carbocycles. The second-order valence-corrected chi connectivity index (χ2v) is 7.07.